The Morgan fingerprint density at radius 1 is 1.45 bits per heavy atom. The maximum atomic E-state index is 12.1. The van der Waals surface area contributed by atoms with Gasteiger partial charge in [-0.1, -0.05) is 15.9 Å². The molecule has 0 aliphatic carbocycles. The molecular weight excluding hydrogens is 366 g/mol. The van der Waals surface area contributed by atoms with E-state index in [1.807, 2.05) is 6.07 Å². The largest absolute Gasteiger partial charge is 0.313 e. The van der Waals surface area contributed by atoms with Gasteiger partial charge in [0.1, 0.15) is 0 Å². The summed E-state index contributed by atoms with van der Waals surface area (Å²) in [7, 11) is -3.57. The van der Waals surface area contributed by atoms with Crippen molar-refractivity contribution in [2.45, 2.75) is 23.8 Å². The maximum Gasteiger partial charge on any atom is 0.240 e. The summed E-state index contributed by atoms with van der Waals surface area (Å²) < 4.78 is 27.4. The molecule has 20 heavy (non-hydrogen) atoms. The van der Waals surface area contributed by atoms with Crippen molar-refractivity contribution < 1.29 is 8.42 Å². The van der Waals surface area contributed by atoms with E-state index in [2.05, 4.69) is 26.0 Å². The molecule has 1 unspecified atom stereocenters. The molecular formula is C12H15BrClN3O2S. The normalized spacial score (nSPS) is 18.3. The Kier molecular flexibility index (Phi) is 6.43. The van der Waals surface area contributed by atoms with Gasteiger partial charge >= 0.3 is 0 Å². The molecule has 1 saturated heterocycles. The standard InChI is InChI=1S/C12H14BrN3O2S.ClH/c13-10-4-9(7-14)5-12(6-10)19(17,18)16-8-11-2-1-3-15-11;/h4-6,11,15-16H,1-3,8H2;1H. The van der Waals surface area contributed by atoms with Gasteiger partial charge in [-0.25, -0.2) is 13.1 Å². The van der Waals surface area contributed by atoms with Gasteiger partial charge in [-0.2, -0.15) is 5.26 Å². The quantitative estimate of drug-likeness (QED) is 0.834. The molecule has 0 aromatic heterocycles. The number of nitriles is 1. The Labute approximate surface area is 133 Å². The molecule has 110 valence electrons. The van der Waals surface area contributed by atoms with Gasteiger partial charge < -0.3 is 5.32 Å². The van der Waals surface area contributed by atoms with Gasteiger partial charge in [0.15, 0.2) is 0 Å². The molecule has 0 radical (unpaired) electrons. The number of sulfonamides is 1. The molecule has 1 aliphatic heterocycles. The fraction of sp³-hybridized carbons (Fsp3) is 0.417. The van der Waals surface area contributed by atoms with Gasteiger partial charge in [-0.3, -0.25) is 0 Å². The predicted octanol–water partition coefficient (Wildman–Crippen LogP) is 1.77. The molecule has 2 rings (SSSR count). The number of hydrogen-bond donors (Lipinski definition) is 2. The van der Waals surface area contributed by atoms with Crippen LogP contribution in [0.15, 0.2) is 27.6 Å². The van der Waals surface area contributed by atoms with Crippen LogP contribution in [-0.2, 0) is 10.0 Å². The highest BCUT2D eigenvalue weighted by molar-refractivity contribution is 9.10. The summed E-state index contributed by atoms with van der Waals surface area (Å²) >= 11 is 3.21. The first kappa shape index (κ1) is 17.4. The van der Waals surface area contributed by atoms with Crippen LogP contribution in [0.2, 0.25) is 0 Å². The number of halogens is 2. The van der Waals surface area contributed by atoms with E-state index in [9.17, 15) is 8.42 Å². The summed E-state index contributed by atoms with van der Waals surface area (Å²) in [5.74, 6) is 0. The van der Waals surface area contributed by atoms with Gasteiger partial charge in [-0.15, -0.1) is 12.4 Å². The summed E-state index contributed by atoms with van der Waals surface area (Å²) in [6.07, 6.45) is 2.05. The van der Waals surface area contributed by atoms with E-state index >= 15 is 0 Å². The maximum absolute atomic E-state index is 12.1. The van der Waals surface area contributed by atoms with Crippen molar-refractivity contribution in [2.75, 3.05) is 13.1 Å². The number of rotatable bonds is 4. The highest BCUT2D eigenvalue weighted by atomic mass is 79.9. The molecule has 0 amide bonds. The second-order valence-corrected chi connectivity index (χ2v) is 7.12. The van der Waals surface area contributed by atoms with Gasteiger partial charge in [-0.05, 0) is 37.6 Å². The van der Waals surface area contributed by atoms with E-state index in [0.29, 0.717) is 16.6 Å². The van der Waals surface area contributed by atoms with Gasteiger partial charge in [0.25, 0.3) is 0 Å². The van der Waals surface area contributed by atoms with Gasteiger partial charge in [0.05, 0.1) is 16.5 Å². The molecule has 1 aromatic carbocycles. The van der Waals surface area contributed by atoms with Crippen LogP contribution in [-0.4, -0.2) is 27.5 Å². The Morgan fingerprint density at radius 3 is 2.80 bits per heavy atom. The minimum Gasteiger partial charge on any atom is -0.313 e. The second kappa shape index (κ2) is 7.38. The van der Waals surface area contributed by atoms with E-state index in [1.165, 1.54) is 12.1 Å². The summed E-state index contributed by atoms with van der Waals surface area (Å²) in [5.41, 5.74) is 0.314. The number of nitrogens with one attached hydrogen (secondary N) is 2. The first-order chi connectivity index (χ1) is 9.01. The highest BCUT2D eigenvalue weighted by Crippen LogP contribution is 2.19. The number of benzene rings is 1. The fourth-order valence-corrected chi connectivity index (χ4v) is 3.80. The lowest BCUT2D eigenvalue weighted by Crippen LogP contribution is -2.37. The molecule has 8 heteroatoms. The minimum absolute atomic E-state index is 0. The SMILES string of the molecule is Cl.N#Cc1cc(Br)cc(S(=O)(=O)NCC2CCCN2)c1. The summed E-state index contributed by atoms with van der Waals surface area (Å²) in [6.45, 7) is 1.30. The summed E-state index contributed by atoms with van der Waals surface area (Å²) in [4.78, 5) is 0.108. The van der Waals surface area contributed by atoms with Crippen molar-refractivity contribution in [2.24, 2.45) is 0 Å². The van der Waals surface area contributed by atoms with Crippen LogP contribution in [0, 0.1) is 11.3 Å². The first-order valence-corrected chi connectivity index (χ1v) is 8.22. The molecule has 1 atom stereocenters. The van der Waals surface area contributed by atoms with Gasteiger partial charge in [0.2, 0.25) is 10.0 Å². The lowest BCUT2D eigenvalue weighted by Gasteiger charge is -2.12. The molecule has 0 spiro atoms. The van der Waals surface area contributed by atoms with Crippen molar-refractivity contribution in [1.82, 2.24) is 10.0 Å². The van der Waals surface area contributed by atoms with Crippen molar-refractivity contribution in [1.29, 1.82) is 5.26 Å². The number of hydrogen-bond acceptors (Lipinski definition) is 4. The zero-order valence-electron chi connectivity index (χ0n) is 10.6. The van der Waals surface area contributed by atoms with E-state index in [1.54, 1.807) is 6.07 Å². The first-order valence-electron chi connectivity index (χ1n) is 5.95. The molecule has 1 aliphatic rings. The van der Waals surface area contributed by atoms with E-state index < -0.39 is 10.0 Å². The zero-order chi connectivity index (χ0) is 13.9. The monoisotopic (exact) mass is 379 g/mol. The van der Waals surface area contributed by atoms with E-state index in [0.717, 1.165) is 19.4 Å². The van der Waals surface area contributed by atoms with E-state index in [4.69, 9.17) is 5.26 Å². The average molecular weight is 381 g/mol. The van der Waals surface area contributed by atoms with Crippen molar-refractivity contribution >= 4 is 38.4 Å². The third kappa shape index (κ3) is 4.43. The molecule has 1 fully saturated rings. The second-order valence-electron chi connectivity index (χ2n) is 4.43. The minimum atomic E-state index is -3.57. The zero-order valence-corrected chi connectivity index (χ0v) is 13.8. The summed E-state index contributed by atoms with van der Waals surface area (Å²) in [6, 6.07) is 6.58. The van der Waals surface area contributed by atoms with Crippen LogP contribution in [0.25, 0.3) is 0 Å². The van der Waals surface area contributed by atoms with Crippen LogP contribution in [0.1, 0.15) is 18.4 Å². The van der Waals surface area contributed by atoms with Crippen molar-refractivity contribution in [3.63, 3.8) is 0 Å². The third-order valence-electron chi connectivity index (χ3n) is 2.99. The van der Waals surface area contributed by atoms with Crippen LogP contribution in [0.4, 0.5) is 0 Å². The smallest absolute Gasteiger partial charge is 0.240 e. The Bertz CT molecular complexity index is 610. The van der Waals surface area contributed by atoms with Crippen LogP contribution < -0.4 is 10.0 Å². The molecule has 0 saturated carbocycles. The van der Waals surface area contributed by atoms with Crippen molar-refractivity contribution in [3.05, 3.63) is 28.2 Å². The molecule has 1 heterocycles. The molecule has 0 bridgehead atoms. The average Bonchev–Trinajstić information content (AvgIpc) is 2.89. The Morgan fingerprint density at radius 2 is 2.20 bits per heavy atom. The van der Waals surface area contributed by atoms with Crippen LogP contribution in [0.3, 0.4) is 0 Å². The van der Waals surface area contributed by atoms with Gasteiger partial charge in [0, 0.05) is 17.1 Å². The number of nitrogens with zero attached hydrogens (tertiary/aromatic N) is 1. The van der Waals surface area contributed by atoms with Crippen LogP contribution >= 0.6 is 28.3 Å². The third-order valence-corrected chi connectivity index (χ3v) is 4.85. The molecule has 2 N–H and O–H groups in total. The summed E-state index contributed by atoms with van der Waals surface area (Å²) in [5, 5.41) is 12.1. The lowest BCUT2D eigenvalue weighted by molar-refractivity contribution is 0.551. The van der Waals surface area contributed by atoms with Crippen molar-refractivity contribution in [3.8, 4) is 6.07 Å². The highest BCUT2D eigenvalue weighted by Gasteiger charge is 2.20. The molecule has 1 aromatic rings. The van der Waals surface area contributed by atoms with Crippen LogP contribution in [0.5, 0.6) is 0 Å². The fourth-order valence-electron chi connectivity index (χ4n) is 2.01. The topological polar surface area (TPSA) is 82.0 Å². The Hall–Kier alpha value is -0.650. The molecule has 5 nitrogen and oxygen atoms in total. The predicted molar refractivity (Wildman–Crippen MR) is 82.3 cm³/mol. The Balaban J connectivity index is 0.00000200. The van der Waals surface area contributed by atoms with E-state index in [-0.39, 0.29) is 23.3 Å². The lowest BCUT2D eigenvalue weighted by atomic mass is 10.2.